The van der Waals surface area contributed by atoms with Crippen LogP contribution in [0.25, 0.3) is 0 Å². The van der Waals surface area contributed by atoms with Gasteiger partial charge in [-0.1, -0.05) is 27.2 Å². The molecule has 2 atom stereocenters. The normalized spacial score (nSPS) is 14.8. The van der Waals surface area contributed by atoms with Gasteiger partial charge < -0.3 is 9.84 Å². The average Bonchev–Trinajstić information content (AvgIpc) is 2.33. The Kier molecular flexibility index (Phi) is 8.36. The second-order valence-electron chi connectivity index (χ2n) is 5.52. The summed E-state index contributed by atoms with van der Waals surface area (Å²) < 4.78 is 41.8. The molecule has 124 valence electrons. The number of hydrogen-bond acceptors (Lipinski definition) is 3. The molecule has 0 fully saturated rings. The van der Waals surface area contributed by atoms with Gasteiger partial charge in [-0.15, -0.1) is 0 Å². The molecule has 0 aliphatic heterocycles. The minimum atomic E-state index is -4.44. The van der Waals surface area contributed by atoms with Crippen molar-refractivity contribution in [3.05, 3.63) is 0 Å². The lowest BCUT2D eigenvalue weighted by Crippen LogP contribution is -2.33. The molecule has 0 unspecified atom stereocenters. The Balaban J connectivity index is 4.89. The number of aliphatic carboxylic acids is 1. The summed E-state index contributed by atoms with van der Waals surface area (Å²) in [6, 6.07) is 0. The fraction of sp³-hybridized carbons (Fsp3) is 0.857. The number of carbonyl (C=O) groups is 2. The molecule has 0 aromatic carbocycles. The van der Waals surface area contributed by atoms with Crippen LogP contribution >= 0.6 is 0 Å². The van der Waals surface area contributed by atoms with E-state index >= 15 is 0 Å². The highest BCUT2D eigenvalue weighted by Gasteiger charge is 2.37. The predicted octanol–water partition coefficient (Wildman–Crippen LogP) is 3.65. The van der Waals surface area contributed by atoms with E-state index in [-0.39, 0.29) is 18.9 Å². The topological polar surface area (TPSA) is 63.6 Å². The van der Waals surface area contributed by atoms with Gasteiger partial charge in [-0.25, -0.2) is 0 Å². The molecule has 4 nitrogen and oxygen atoms in total. The number of alkyl halides is 3. The van der Waals surface area contributed by atoms with Crippen molar-refractivity contribution in [3.8, 4) is 0 Å². The zero-order valence-electron chi connectivity index (χ0n) is 12.6. The lowest BCUT2D eigenvalue weighted by Gasteiger charge is -2.23. The van der Waals surface area contributed by atoms with Crippen molar-refractivity contribution >= 4 is 11.9 Å². The first-order valence-electron chi connectivity index (χ1n) is 7.04. The van der Waals surface area contributed by atoms with Crippen molar-refractivity contribution in [1.82, 2.24) is 0 Å². The molecule has 0 aromatic rings. The summed E-state index contributed by atoms with van der Waals surface area (Å²) in [5.41, 5.74) is 0. The van der Waals surface area contributed by atoms with Gasteiger partial charge in [-0.05, 0) is 18.8 Å². The molecule has 0 radical (unpaired) electrons. The van der Waals surface area contributed by atoms with Gasteiger partial charge in [0.15, 0.2) is 0 Å². The number of rotatable bonds is 9. The van der Waals surface area contributed by atoms with Gasteiger partial charge in [0.2, 0.25) is 0 Å². The monoisotopic (exact) mass is 312 g/mol. The third kappa shape index (κ3) is 8.57. The van der Waals surface area contributed by atoms with Crippen LogP contribution in [0.5, 0.6) is 0 Å². The Hall–Kier alpha value is -1.27. The molecular weight excluding hydrogens is 289 g/mol. The van der Waals surface area contributed by atoms with E-state index in [0.29, 0.717) is 6.42 Å². The van der Waals surface area contributed by atoms with Crippen molar-refractivity contribution < 1.29 is 32.6 Å². The van der Waals surface area contributed by atoms with Crippen LogP contribution < -0.4 is 0 Å². The summed E-state index contributed by atoms with van der Waals surface area (Å²) in [6.45, 7) is 5.51. The number of halogens is 3. The molecule has 0 aromatic heterocycles. The third-order valence-electron chi connectivity index (χ3n) is 3.00. The highest BCUT2D eigenvalue weighted by molar-refractivity contribution is 5.81. The molecule has 1 N–H and O–H groups in total. The smallest absolute Gasteiger partial charge is 0.389 e. The first kappa shape index (κ1) is 19.7. The molecule has 21 heavy (non-hydrogen) atoms. The maximum absolute atomic E-state index is 12.3. The summed E-state index contributed by atoms with van der Waals surface area (Å²) in [5, 5.41) is 9.12. The van der Waals surface area contributed by atoms with Gasteiger partial charge in [0.25, 0.3) is 0 Å². The van der Waals surface area contributed by atoms with Crippen LogP contribution in [-0.4, -0.2) is 29.8 Å². The average molecular weight is 312 g/mol. The number of ether oxygens (including phenoxy) is 1. The zero-order valence-corrected chi connectivity index (χ0v) is 12.6. The summed E-state index contributed by atoms with van der Waals surface area (Å²) in [6.07, 6.45) is -5.57. The fourth-order valence-electron chi connectivity index (χ4n) is 1.97. The van der Waals surface area contributed by atoms with Crippen molar-refractivity contribution in [2.45, 2.75) is 52.6 Å². The van der Waals surface area contributed by atoms with E-state index in [4.69, 9.17) is 9.84 Å². The number of carboxylic acids is 1. The van der Waals surface area contributed by atoms with Crippen molar-refractivity contribution in [2.75, 3.05) is 6.61 Å². The van der Waals surface area contributed by atoms with Gasteiger partial charge in [-0.3, -0.25) is 9.59 Å². The molecule has 0 amide bonds. The van der Waals surface area contributed by atoms with E-state index < -0.39 is 42.8 Å². The fourth-order valence-corrected chi connectivity index (χ4v) is 1.97. The standard InChI is InChI=1S/C14H23F3O4/c1-4-5-11(13(20)21-8-9(2)3)10(12(18)19)6-7-14(15,16)17/h9-11H,4-8H2,1-3H3,(H,18,19)/t10-,11+/m1/s1. The predicted molar refractivity (Wildman–Crippen MR) is 70.6 cm³/mol. The van der Waals surface area contributed by atoms with Gasteiger partial charge in [0.05, 0.1) is 18.4 Å². The van der Waals surface area contributed by atoms with Crippen LogP contribution in [0.3, 0.4) is 0 Å². The van der Waals surface area contributed by atoms with E-state index in [1.54, 1.807) is 6.92 Å². The van der Waals surface area contributed by atoms with Gasteiger partial charge in [0, 0.05) is 6.42 Å². The Morgan fingerprint density at radius 2 is 1.71 bits per heavy atom. The van der Waals surface area contributed by atoms with E-state index in [1.807, 2.05) is 13.8 Å². The van der Waals surface area contributed by atoms with Gasteiger partial charge >= 0.3 is 18.1 Å². The number of carbonyl (C=O) groups excluding carboxylic acids is 1. The Morgan fingerprint density at radius 1 is 1.14 bits per heavy atom. The lowest BCUT2D eigenvalue weighted by molar-refractivity contribution is -0.163. The molecule has 0 saturated heterocycles. The summed E-state index contributed by atoms with van der Waals surface area (Å²) in [4.78, 5) is 23.1. The van der Waals surface area contributed by atoms with E-state index in [2.05, 4.69) is 0 Å². The van der Waals surface area contributed by atoms with Crippen molar-refractivity contribution in [2.24, 2.45) is 17.8 Å². The highest BCUT2D eigenvalue weighted by Crippen LogP contribution is 2.30. The number of esters is 1. The second-order valence-corrected chi connectivity index (χ2v) is 5.52. The number of carboxylic acid groups (broad SMARTS) is 1. The summed E-state index contributed by atoms with van der Waals surface area (Å²) in [7, 11) is 0. The number of hydrogen-bond donors (Lipinski definition) is 1. The lowest BCUT2D eigenvalue weighted by atomic mass is 9.85. The van der Waals surface area contributed by atoms with E-state index in [0.717, 1.165) is 0 Å². The molecular formula is C14H23F3O4. The third-order valence-corrected chi connectivity index (χ3v) is 3.00. The summed E-state index contributed by atoms with van der Waals surface area (Å²) in [5.74, 6) is -4.44. The molecule has 0 aliphatic carbocycles. The molecule has 0 heterocycles. The van der Waals surface area contributed by atoms with Crippen LogP contribution in [-0.2, 0) is 14.3 Å². The van der Waals surface area contributed by atoms with Crippen LogP contribution in [0, 0.1) is 17.8 Å². The minimum absolute atomic E-state index is 0.0784. The molecule has 0 bridgehead atoms. The second kappa shape index (κ2) is 8.89. The molecule has 0 rings (SSSR count). The zero-order chi connectivity index (χ0) is 16.6. The molecule has 0 saturated carbocycles. The van der Waals surface area contributed by atoms with E-state index in [1.165, 1.54) is 0 Å². The van der Waals surface area contributed by atoms with Gasteiger partial charge in [-0.2, -0.15) is 13.2 Å². The Bertz CT molecular complexity index is 340. The highest BCUT2D eigenvalue weighted by atomic mass is 19.4. The Morgan fingerprint density at radius 3 is 2.10 bits per heavy atom. The minimum Gasteiger partial charge on any atom is -0.481 e. The Labute approximate surface area is 122 Å². The van der Waals surface area contributed by atoms with Crippen molar-refractivity contribution in [1.29, 1.82) is 0 Å². The maximum Gasteiger partial charge on any atom is 0.389 e. The van der Waals surface area contributed by atoms with Crippen LogP contribution in [0.2, 0.25) is 0 Å². The van der Waals surface area contributed by atoms with Crippen molar-refractivity contribution in [3.63, 3.8) is 0 Å². The molecule has 0 aliphatic rings. The van der Waals surface area contributed by atoms with Crippen LogP contribution in [0.4, 0.5) is 13.2 Å². The first-order chi connectivity index (χ1) is 9.58. The van der Waals surface area contributed by atoms with Crippen LogP contribution in [0.1, 0.15) is 46.5 Å². The largest absolute Gasteiger partial charge is 0.481 e. The van der Waals surface area contributed by atoms with Gasteiger partial charge in [0.1, 0.15) is 0 Å². The molecule has 7 heteroatoms. The first-order valence-corrected chi connectivity index (χ1v) is 7.04. The summed E-state index contributed by atoms with van der Waals surface area (Å²) >= 11 is 0. The quantitative estimate of drug-likeness (QED) is 0.660. The maximum atomic E-state index is 12.3. The van der Waals surface area contributed by atoms with Crippen LogP contribution in [0.15, 0.2) is 0 Å². The molecule has 0 spiro atoms. The SMILES string of the molecule is CCC[C@H](C(=O)OCC(C)C)[C@@H](CCC(F)(F)F)C(=O)O. The van der Waals surface area contributed by atoms with E-state index in [9.17, 15) is 22.8 Å².